The zero-order chi connectivity index (χ0) is 17.4. The van der Waals surface area contributed by atoms with E-state index in [1.54, 1.807) is 62.6 Å². The van der Waals surface area contributed by atoms with Gasteiger partial charge in [0.05, 0.1) is 7.11 Å². The Morgan fingerprint density at radius 1 is 0.917 bits per heavy atom. The lowest BCUT2D eigenvalue weighted by Gasteiger charge is -2.09. The Kier molecular flexibility index (Phi) is 6.19. The van der Waals surface area contributed by atoms with Gasteiger partial charge in [-0.3, -0.25) is 9.59 Å². The summed E-state index contributed by atoms with van der Waals surface area (Å²) in [6.45, 7) is 1.61. The molecule has 0 unspecified atom stereocenters. The number of amides is 1. The van der Waals surface area contributed by atoms with Crippen LogP contribution in [0.5, 0.6) is 17.2 Å². The number of rotatable bonds is 7. The molecular weight excluding hydrogens is 310 g/mol. The van der Waals surface area contributed by atoms with Crippen LogP contribution >= 0.6 is 0 Å². The fourth-order valence-corrected chi connectivity index (χ4v) is 1.83. The Labute approximate surface area is 140 Å². The van der Waals surface area contributed by atoms with E-state index in [0.29, 0.717) is 23.6 Å². The first kappa shape index (κ1) is 17.3. The van der Waals surface area contributed by atoms with Crippen molar-refractivity contribution in [3.05, 3.63) is 48.5 Å². The van der Waals surface area contributed by atoms with Crippen molar-refractivity contribution < 1.29 is 23.8 Å². The van der Waals surface area contributed by atoms with Crippen molar-refractivity contribution in [1.29, 1.82) is 0 Å². The highest BCUT2D eigenvalue weighted by Crippen LogP contribution is 2.18. The zero-order valence-corrected chi connectivity index (χ0v) is 13.6. The molecule has 0 aliphatic carbocycles. The van der Waals surface area contributed by atoms with E-state index in [2.05, 4.69) is 5.32 Å². The molecule has 0 aliphatic rings. The zero-order valence-electron chi connectivity index (χ0n) is 13.6. The third kappa shape index (κ3) is 5.31. The number of benzene rings is 2. The third-order valence-corrected chi connectivity index (χ3v) is 3.09. The molecule has 2 rings (SSSR count). The summed E-state index contributed by atoms with van der Waals surface area (Å²) in [6, 6.07) is 13.5. The number of anilines is 1. The standard InChI is InChI=1S/C18H19NO5/c1-3-18(21)24-16-6-4-13(5-7-16)19-17(20)12-23-15-10-8-14(22-2)9-11-15/h4-11H,3,12H2,1-2H3,(H,19,20). The van der Waals surface area contributed by atoms with Gasteiger partial charge in [0, 0.05) is 12.1 Å². The number of nitrogens with one attached hydrogen (secondary N) is 1. The van der Waals surface area contributed by atoms with E-state index in [9.17, 15) is 9.59 Å². The first-order chi connectivity index (χ1) is 11.6. The molecule has 0 fully saturated rings. The van der Waals surface area contributed by atoms with Crippen molar-refractivity contribution in [3.63, 3.8) is 0 Å². The van der Waals surface area contributed by atoms with Gasteiger partial charge >= 0.3 is 5.97 Å². The second-order valence-corrected chi connectivity index (χ2v) is 4.86. The number of methoxy groups -OCH3 is 1. The van der Waals surface area contributed by atoms with Crippen molar-refractivity contribution in [1.82, 2.24) is 0 Å². The summed E-state index contributed by atoms with van der Waals surface area (Å²) in [6.07, 6.45) is 0.307. The van der Waals surface area contributed by atoms with Crippen LogP contribution in [0.25, 0.3) is 0 Å². The average Bonchev–Trinajstić information content (AvgIpc) is 2.62. The minimum atomic E-state index is -0.306. The molecule has 2 aromatic carbocycles. The highest BCUT2D eigenvalue weighted by Gasteiger charge is 2.06. The Morgan fingerprint density at radius 3 is 2.08 bits per heavy atom. The predicted octanol–water partition coefficient (Wildman–Crippen LogP) is 3.03. The van der Waals surface area contributed by atoms with E-state index in [1.165, 1.54) is 0 Å². The number of ether oxygens (including phenoxy) is 3. The molecule has 0 aromatic heterocycles. The first-order valence-corrected chi connectivity index (χ1v) is 7.48. The Morgan fingerprint density at radius 2 is 1.50 bits per heavy atom. The molecule has 126 valence electrons. The van der Waals surface area contributed by atoms with Crippen molar-refractivity contribution in [2.75, 3.05) is 19.0 Å². The maximum atomic E-state index is 11.9. The van der Waals surface area contributed by atoms with Crippen molar-refractivity contribution in [2.45, 2.75) is 13.3 Å². The van der Waals surface area contributed by atoms with Crippen molar-refractivity contribution >= 4 is 17.6 Å². The summed E-state index contributed by atoms with van der Waals surface area (Å²) < 4.78 is 15.5. The van der Waals surface area contributed by atoms with Crippen LogP contribution in [0.4, 0.5) is 5.69 Å². The monoisotopic (exact) mass is 329 g/mol. The van der Waals surface area contributed by atoms with Crippen LogP contribution in [0, 0.1) is 0 Å². The van der Waals surface area contributed by atoms with Crippen LogP contribution < -0.4 is 19.5 Å². The van der Waals surface area contributed by atoms with Crippen molar-refractivity contribution in [3.8, 4) is 17.2 Å². The second kappa shape index (κ2) is 8.57. The van der Waals surface area contributed by atoms with E-state index in [0.717, 1.165) is 5.75 Å². The second-order valence-electron chi connectivity index (χ2n) is 4.86. The summed E-state index contributed by atoms with van der Waals surface area (Å²) in [5.74, 6) is 1.14. The van der Waals surface area contributed by atoms with E-state index in [1.807, 2.05) is 0 Å². The van der Waals surface area contributed by atoms with Gasteiger partial charge in [-0.15, -0.1) is 0 Å². The highest BCUT2D eigenvalue weighted by atomic mass is 16.5. The molecule has 0 bridgehead atoms. The Hall–Kier alpha value is -3.02. The maximum absolute atomic E-state index is 11.9. The summed E-state index contributed by atoms with van der Waals surface area (Å²) in [7, 11) is 1.58. The minimum Gasteiger partial charge on any atom is -0.497 e. The van der Waals surface area contributed by atoms with Crippen molar-refractivity contribution in [2.24, 2.45) is 0 Å². The van der Waals surface area contributed by atoms with Gasteiger partial charge in [0.1, 0.15) is 17.2 Å². The molecule has 0 radical (unpaired) electrons. The third-order valence-electron chi connectivity index (χ3n) is 3.09. The van der Waals surface area contributed by atoms with Gasteiger partial charge in [-0.25, -0.2) is 0 Å². The van der Waals surface area contributed by atoms with Crippen LogP contribution in [-0.2, 0) is 9.59 Å². The molecule has 0 atom stereocenters. The van der Waals surface area contributed by atoms with Crippen LogP contribution in [0.2, 0.25) is 0 Å². The molecule has 0 saturated carbocycles. The summed E-state index contributed by atoms with van der Waals surface area (Å²) >= 11 is 0. The normalized spacial score (nSPS) is 9.92. The topological polar surface area (TPSA) is 73.9 Å². The molecule has 6 heteroatoms. The maximum Gasteiger partial charge on any atom is 0.310 e. The van der Waals surface area contributed by atoms with Gasteiger partial charge in [-0.05, 0) is 48.5 Å². The lowest BCUT2D eigenvalue weighted by atomic mass is 10.3. The fraction of sp³-hybridized carbons (Fsp3) is 0.222. The molecule has 2 aromatic rings. The molecule has 1 amide bonds. The molecule has 24 heavy (non-hydrogen) atoms. The van der Waals surface area contributed by atoms with Crippen LogP contribution in [0.15, 0.2) is 48.5 Å². The largest absolute Gasteiger partial charge is 0.497 e. The highest BCUT2D eigenvalue weighted by molar-refractivity contribution is 5.91. The molecule has 0 heterocycles. The van der Waals surface area contributed by atoms with E-state index < -0.39 is 0 Å². The van der Waals surface area contributed by atoms with Crippen LogP contribution in [0.1, 0.15) is 13.3 Å². The molecule has 1 N–H and O–H groups in total. The van der Waals surface area contributed by atoms with Crippen LogP contribution in [-0.4, -0.2) is 25.6 Å². The Balaban J connectivity index is 1.82. The van der Waals surface area contributed by atoms with Crippen LogP contribution in [0.3, 0.4) is 0 Å². The SMILES string of the molecule is CCC(=O)Oc1ccc(NC(=O)COc2ccc(OC)cc2)cc1. The first-order valence-electron chi connectivity index (χ1n) is 7.48. The smallest absolute Gasteiger partial charge is 0.310 e. The van der Waals surface area contributed by atoms with E-state index in [-0.39, 0.29) is 18.5 Å². The summed E-state index contributed by atoms with van der Waals surface area (Å²) in [5, 5.41) is 2.70. The molecule has 0 spiro atoms. The van der Waals surface area contributed by atoms with Gasteiger partial charge in [-0.2, -0.15) is 0 Å². The van der Waals surface area contributed by atoms with E-state index >= 15 is 0 Å². The number of carbonyl (C=O) groups excluding carboxylic acids is 2. The molecule has 0 saturated heterocycles. The van der Waals surface area contributed by atoms with Gasteiger partial charge in [0.2, 0.25) is 0 Å². The van der Waals surface area contributed by atoms with Gasteiger partial charge in [0.25, 0.3) is 5.91 Å². The molecule has 0 aliphatic heterocycles. The van der Waals surface area contributed by atoms with Gasteiger partial charge in [-0.1, -0.05) is 6.92 Å². The predicted molar refractivity (Wildman–Crippen MR) is 89.5 cm³/mol. The summed E-state index contributed by atoms with van der Waals surface area (Å²) in [4.78, 5) is 23.1. The number of carbonyl (C=O) groups is 2. The fourth-order valence-electron chi connectivity index (χ4n) is 1.83. The van der Waals surface area contributed by atoms with Gasteiger partial charge in [0.15, 0.2) is 6.61 Å². The number of esters is 1. The number of hydrogen-bond donors (Lipinski definition) is 1. The van der Waals surface area contributed by atoms with E-state index in [4.69, 9.17) is 14.2 Å². The average molecular weight is 329 g/mol. The lowest BCUT2D eigenvalue weighted by molar-refractivity contribution is -0.134. The number of hydrogen-bond acceptors (Lipinski definition) is 5. The molecule has 6 nitrogen and oxygen atoms in total. The van der Waals surface area contributed by atoms with Gasteiger partial charge < -0.3 is 19.5 Å². The quantitative estimate of drug-likeness (QED) is 0.624. The lowest BCUT2D eigenvalue weighted by Crippen LogP contribution is -2.20. The summed E-state index contributed by atoms with van der Waals surface area (Å²) in [5.41, 5.74) is 0.592. The Bertz CT molecular complexity index is 680. The molecular formula is C18H19NO5. The minimum absolute atomic E-state index is 0.112.